The number of nitrogens with zero attached hydrogens (tertiary/aromatic N) is 2. The van der Waals surface area contributed by atoms with Crippen molar-refractivity contribution in [1.29, 1.82) is 0 Å². The molecule has 2 heterocycles. The number of aryl methyl sites for hydroxylation is 2. The molecule has 3 nitrogen and oxygen atoms in total. The molecule has 2 unspecified atom stereocenters. The Hall–Kier alpha value is -2.29. The predicted octanol–water partition coefficient (Wildman–Crippen LogP) is 4.39. The molecule has 140 valence electrons. The van der Waals surface area contributed by atoms with Crippen LogP contribution in [0.3, 0.4) is 0 Å². The highest BCUT2D eigenvalue weighted by Gasteiger charge is 2.42. The molecule has 1 aliphatic heterocycles. The Morgan fingerprint density at radius 1 is 1.00 bits per heavy atom. The lowest BCUT2D eigenvalue weighted by Crippen LogP contribution is -2.30. The number of hydrogen-bond donors (Lipinski definition) is 0. The summed E-state index contributed by atoms with van der Waals surface area (Å²) in [6.45, 7) is 2.94. The number of amides is 1. The smallest absolute Gasteiger partial charge is 0.225 e. The van der Waals surface area contributed by atoms with E-state index in [9.17, 15) is 4.79 Å². The molecule has 5 rings (SSSR count). The van der Waals surface area contributed by atoms with Crippen molar-refractivity contribution in [2.45, 2.75) is 38.6 Å². The minimum Gasteiger partial charge on any atom is -0.354 e. The van der Waals surface area contributed by atoms with Gasteiger partial charge in [-0.2, -0.15) is 0 Å². The zero-order valence-electron chi connectivity index (χ0n) is 15.9. The molecule has 2 aromatic rings. The van der Waals surface area contributed by atoms with Crippen molar-refractivity contribution >= 4 is 11.5 Å². The number of allylic oxidation sites excluding steroid dienone is 1. The summed E-state index contributed by atoms with van der Waals surface area (Å²) < 4.78 is 2.23. The maximum Gasteiger partial charge on any atom is 0.225 e. The van der Waals surface area contributed by atoms with E-state index in [1.807, 2.05) is 0 Å². The van der Waals surface area contributed by atoms with E-state index in [1.165, 1.54) is 23.1 Å². The maximum atomic E-state index is 12.5. The zero-order valence-corrected chi connectivity index (χ0v) is 15.9. The largest absolute Gasteiger partial charge is 0.354 e. The molecule has 2 fully saturated rings. The fourth-order valence-corrected chi connectivity index (χ4v) is 4.86. The summed E-state index contributed by atoms with van der Waals surface area (Å²) in [5.41, 5.74) is 4.22. The van der Waals surface area contributed by atoms with Crippen LogP contribution in [0.5, 0.6) is 0 Å². The molecule has 1 saturated carbocycles. The Kier molecular flexibility index (Phi) is 4.39. The van der Waals surface area contributed by atoms with E-state index < -0.39 is 0 Å². The van der Waals surface area contributed by atoms with Gasteiger partial charge in [-0.15, -0.1) is 0 Å². The summed E-state index contributed by atoms with van der Waals surface area (Å²) in [6.07, 6.45) is 12.3. The molecule has 3 heteroatoms. The van der Waals surface area contributed by atoms with Crippen molar-refractivity contribution in [2.75, 3.05) is 13.1 Å². The second-order valence-electron chi connectivity index (χ2n) is 8.49. The Labute approximate surface area is 161 Å². The van der Waals surface area contributed by atoms with Gasteiger partial charge in [0.1, 0.15) is 0 Å². The third kappa shape index (κ3) is 3.47. The first-order chi connectivity index (χ1) is 13.3. The summed E-state index contributed by atoms with van der Waals surface area (Å²) in [5, 5.41) is 0. The summed E-state index contributed by atoms with van der Waals surface area (Å²) in [5.74, 6) is 1.95. The number of carbonyl (C=O) groups is 1. The number of aromatic nitrogens is 1. The van der Waals surface area contributed by atoms with Gasteiger partial charge in [-0.1, -0.05) is 30.3 Å². The van der Waals surface area contributed by atoms with Crippen LogP contribution in [0.4, 0.5) is 0 Å². The number of carbonyl (C=O) groups excluding carboxylic acids is 1. The molecular formula is C24H28N2O. The highest BCUT2D eigenvalue weighted by Crippen LogP contribution is 2.43. The standard InChI is InChI=1S/C24H28N2O/c27-24(20-10-11-20)26-16-21-4-3-5-22(23(21)17-26)19-8-6-18(7-9-19)12-15-25-13-1-2-14-25/h1-2,5-9,13-14,20-21,23H,3-4,10-12,15-17H2. The van der Waals surface area contributed by atoms with E-state index in [0.29, 0.717) is 23.7 Å². The first-order valence-electron chi connectivity index (χ1n) is 10.5. The Bertz CT molecular complexity index is 830. The molecule has 1 aromatic heterocycles. The van der Waals surface area contributed by atoms with Gasteiger partial charge in [-0.05, 0) is 66.9 Å². The first kappa shape index (κ1) is 16.9. The van der Waals surface area contributed by atoms with Crippen LogP contribution in [-0.4, -0.2) is 28.5 Å². The van der Waals surface area contributed by atoms with Crippen LogP contribution in [0, 0.1) is 17.8 Å². The summed E-state index contributed by atoms with van der Waals surface area (Å²) in [4.78, 5) is 14.7. The Morgan fingerprint density at radius 3 is 2.52 bits per heavy atom. The SMILES string of the molecule is O=C(C1CC1)N1CC2CCC=C(c3ccc(CCn4cccc4)cc3)C2C1. The molecule has 0 spiro atoms. The van der Waals surface area contributed by atoms with Crippen molar-refractivity contribution in [3.63, 3.8) is 0 Å². The van der Waals surface area contributed by atoms with Crippen molar-refractivity contribution < 1.29 is 4.79 Å². The molecule has 2 aliphatic carbocycles. The van der Waals surface area contributed by atoms with Crippen LogP contribution < -0.4 is 0 Å². The molecule has 1 amide bonds. The van der Waals surface area contributed by atoms with E-state index in [-0.39, 0.29) is 0 Å². The summed E-state index contributed by atoms with van der Waals surface area (Å²) in [6, 6.07) is 13.3. The van der Waals surface area contributed by atoms with Gasteiger partial charge >= 0.3 is 0 Å². The van der Waals surface area contributed by atoms with Crippen LogP contribution >= 0.6 is 0 Å². The van der Waals surface area contributed by atoms with Crippen molar-refractivity contribution in [3.05, 3.63) is 66.0 Å². The molecular weight excluding hydrogens is 332 g/mol. The molecule has 3 aliphatic rings. The molecule has 27 heavy (non-hydrogen) atoms. The first-order valence-corrected chi connectivity index (χ1v) is 10.5. The summed E-state index contributed by atoms with van der Waals surface area (Å²) in [7, 11) is 0. The minimum atomic E-state index is 0.345. The van der Waals surface area contributed by atoms with Gasteiger partial charge in [0.15, 0.2) is 0 Å². The normalized spacial score (nSPS) is 24.6. The highest BCUT2D eigenvalue weighted by molar-refractivity contribution is 5.82. The molecule has 0 N–H and O–H groups in total. The van der Waals surface area contributed by atoms with E-state index >= 15 is 0 Å². The van der Waals surface area contributed by atoms with Gasteiger partial charge in [0.2, 0.25) is 5.91 Å². The van der Waals surface area contributed by atoms with Crippen molar-refractivity contribution in [2.24, 2.45) is 17.8 Å². The lowest BCUT2D eigenvalue weighted by atomic mass is 9.78. The molecule has 0 bridgehead atoms. The second-order valence-corrected chi connectivity index (χ2v) is 8.49. The number of fused-ring (bicyclic) bond motifs is 1. The van der Waals surface area contributed by atoms with E-state index in [1.54, 1.807) is 0 Å². The third-order valence-electron chi connectivity index (χ3n) is 6.59. The van der Waals surface area contributed by atoms with Gasteiger partial charge in [0, 0.05) is 43.9 Å². The maximum absolute atomic E-state index is 12.5. The van der Waals surface area contributed by atoms with Gasteiger partial charge in [-0.25, -0.2) is 0 Å². The number of hydrogen-bond acceptors (Lipinski definition) is 1. The minimum absolute atomic E-state index is 0.345. The number of rotatable bonds is 5. The van der Waals surface area contributed by atoms with Gasteiger partial charge in [0.05, 0.1) is 0 Å². The van der Waals surface area contributed by atoms with Crippen LogP contribution in [0.15, 0.2) is 54.9 Å². The average molecular weight is 361 g/mol. The molecule has 2 atom stereocenters. The quantitative estimate of drug-likeness (QED) is 0.776. The summed E-state index contributed by atoms with van der Waals surface area (Å²) >= 11 is 0. The van der Waals surface area contributed by atoms with E-state index in [2.05, 4.69) is 64.3 Å². The van der Waals surface area contributed by atoms with Crippen LogP contribution in [0.1, 0.15) is 36.8 Å². The molecule has 1 aromatic carbocycles. The molecule has 0 radical (unpaired) electrons. The fourth-order valence-electron chi connectivity index (χ4n) is 4.86. The van der Waals surface area contributed by atoms with Gasteiger partial charge in [0.25, 0.3) is 0 Å². The third-order valence-corrected chi connectivity index (χ3v) is 6.59. The number of likely N-dealkylation sites (tertiary alicyclic amines) is 1. The van der Waals surface area contributed by atoms with Crippen molar-refractivity contribution in [3.8, 4) is 0 Å². The zero-order chi connectivity index (χ0) is 18.2. The lowest BCUT2D eigenvalue weighted by Gasteiger charge is -2.26. The van der Waals surface area contributed by atoms with Gasteiger partial charge in [-0.3, -0.25) is 4.79 Å². The number of benzene rings is 1. The molecule has 1 saturated heterocycles. The van der Waals surface area contributed by atoms with Crippen LogP contribution in [0.25, 0.3) is 5.57 Å². The van der Waals surface area contributed by atoms with E-state index in [4.69, 9.17) is 0 Å². The Balaban J connectivity index is 1.27. The van der Waals surface area contributed by atoms with Gasteiger partial charge < -0.3 is 9.47 Å². The average Bonchev–Trinajstić information content (AvgIpc) is 3.24. The Morgan fingerprint density at radius 2 is 1.78 bits per heavy atom. The fraction of sp³-hybridized carbons (Fsp3) is 0.458. The highest BCUT2D eigenvalue weighted by atomic mass is 16.2. The second kappa shape index (κ2) is 7.03. The van der Waals surface area contributed by atoms with Crippen molar-refractivity contribution in [1.82, 2.24) is 9.47 Å². The van der Waals surface area contributed by atoms with Crippen LogP contribution in [0.2, 0.25) is 0 Å². The van der Waals surface area contributed by atoms with Crippen LogP contribution in [-0.2, 0) is 17.8 Å². The monoisotopic (exact) mass is 360 g/mol. The topological polar surface area (TPSA) is 25.2 Å². The van der Waals surface area contributed by atoms with E-state index in [0.717, 1.165) is 45.3 Å². The predicted molar refractivity (Wildman–Crippen MR) is 108 cm³/mol. The lowest BCUT2D eigenvalue weighted by molar-refractivity contribution is -0.131.